The molecule has 71 heavy (non-hydrogen) atoms. The van der Waals surface area contributed by atoms with Crippen LogP contribution in [0.3, 0.4) is 0 Å². The van der Waals surface area contributed by atoms with Gasteiger partial charge < -0.3 is 24.2 Å². The third-order valence-electron chi connectivity index (χ3n) is 14.0. The Morgan fingerprint density at radius 1 is 0.873 bits per heavy atom. The first kappa shape index (κ1) is 51.6. The summed E-state index contributed by atoms with van der Waals surface area (Å²) in [6.07, 6.45) is 13.0. The number of nitrogens with zero attached hydrogens (tertiary/aromatic N) is 2. The van der Waals surface area contributed by atoms with Crippen molar-refractivity contribution in [3.8, 4) is 5.75 Å². The Morgan fingerprint density at radius 2 is 1.63 bits per heavy atom. The van der Waals surface area contributed by atoms with E-state index < -0.39 is 33.0 Å². The van der Waals surface area contributed by atoms with E-state index in [4.69, 9.17) is 9.47 Å². The van der Waals surface area contributed by atoms with Crippen LogP contribution in [0.1, 0.15) is 109 Å². The molecule has 4 aliphatic rings. The lowest BCUT2D eigenvalue weighted by atomic mass is 9.78. The number of benzene rings is 4. The highest BCUT2D eigenvalue weighted by molar-refractivity contribution is 7.94. The highest BCUT2D eigenvalue weighted by Crippen LogP contribution is 2.49. The van der Waals surface area contributed by atoms with Crippen molar-refractivity contribution in [1.82, 2.24) is 0 Å². The number of hydrogen-bond acceptors (Lipinski definition) is 13. The molecule has 2 aliphatic carbocycles. The van der Waals surface area contributed by atoms with Crippen LogP contribution in [0.5, 0.6) is 5.75 Å². The van der Waals surface area contributed by atoms with Crippen molar-refractivity contribution in [3.63, 3.8) is 0 Å². The molecule has 0 bridgehead atoms. The number of unbranched alkanes of at least 4 members (excludes halogenated alkanes) is 3. The smallest absolute Gasteiger partial charge is 0.306 e. The van der Waals surface area contributed by atoms with Gasteiger partial charge in [0.2, 0.25) is 11.8 Å². The van der Waals surface area contributed by atoms with Gasteiger partial charge in [-0.25, -0.2) is 12.8 Å². The molecule has 4 aromatic rings. The molecule has 0 N–H and O–H groups in total. The molecule has 1 fully saturated rings. The zero-order valence-electron chi connectivity index (χ0n) is 40.4. The summed E-state index contributed by atoms with van der Waals surface area (Å²) < 4.78 is 69.4. The van der Waals surface area contributed by atoms with Gasteiger partial charge in [-0.05, 0) is 141 Å². The number of hydrogen-bond donors (Lipinski definition) is 0. The number of esters is 1. The first-order valence-electron chi connectivity index (χ1n) is 24.1. The zero-order valence-corrected chi connectivity index (χ0v) is 42.0. The van der Waals surface area contributed by atoms with Gasteiger partial charge >= 0.3 is 5.97 Å². The summed E-state index contributed by atoms with van der Waals surface area (Å²) in [4.78, 5) is 38.4. The lowest BCUT2D eigenvalue weighted by Gasteiger charge is -2.27. The maximum atomic E-state index is 14.9. The largest absolute Gasteiger partial charge is 0.744 e. The molecule has 16 heteroatoms. The topological polar surface area (TPSA) is 175 Å². The summed E-state index contributed by atoms with van der Waals surface area (Å²) in [5, 5.41) is 16.2. The minimum atomic E-state index is -4.69. The average Bonchev–Trinajstić information content (AvgIpc) is 3.85. The molecule has 0 spiro atoms. The SMILES string of the molecule is CC1(C)C(/C=C/C2=C(Oc3ccc(S(=O)(=O)[O-])cc3)C(=C/C=C3/N(CCCCCC(=O)OC4C(=O)CCC4=O)c4ccc(F)cc4C3(C)C)/CCC2)=[N+](CCCCSOO[O-])c2ccc3ccccc3c21. The normalized spacial score (nSPS) is 19.0. The maximum absolute atomic E-state index is 14.9. The Kier molecular flexibility index (Phi) is 15.9. The predicted octanol–water partition coefficient (Wildman–Crippen LogP) is 10.00. The molecule has 4 aromatic carbocycles. The Hall–Kier alpha value is -5.75. The van der Waals surface area contributed by atoms with Crippen molar-refractivity contribution in [1.29, 1.82) is 0 Å². The molecule has 0 aromatic heterocycles. The van der Waals surface area contributed by atoms with Gasteiger partial charge in [-0.15, -0.1) is 0 Å². The Morgan fingerprint density at radius 3 is 2.38 bits per heavy atom. The van der Waals surface area contributed by atoms with Crippen molar-refractivity contribution >= 4 is 67.6 Å². The molecule has 8 rings (SSSR count). The first-order chi connectivity index (χ1) is 34.0. The second kappa shape index (κ2) is 21.9. The van der Waals surface area contributed by atoms with E-state index in [2.05, 4.69) is 95.1 Å². The van der Waals surface area contributed by atoms with Gasteiger partial charge in [0.25, 0.3) is 0 Å². The standard InChI is InChI=1S/C55H59FN2O11S2/c1-54(2)43-35-39(56)21-27-44(43)57(32-9-5-6-17-50(61)67-53-46(59)28-29-47(53)60)48(54)30-19-37-14-12-15-38(52(37)66-40-22-24-41(25-23-40)71(63,64)65)20-31-49-55(3,4)51-42-16-8-7-13-36(42)18-26-45(51)58(49)33-10-11-34-70-69-68-62/h7-8,13,16,18-27,30-31,35,53H,5-6,9-12,14-15,17,28-29,32-34H2,1-4H3,(H-,62,63,64,65)/p-1. The molecule has 0 atom stereocenters. The van der Waals surface area contributed by atoms with Crippen LogP contribution in [0.25, 0.3) is 10.8 Å². The molecular formula is C55H58FN2O11S2-. The van der Waals surface area contributed by atoms with Crippen LogP contribution in [0.15, 0.2) is 131 Å². The summed E-state index contributed by atoms with van der Waals surface area (Å²) >= 11 is 0.978. The van der Waals surface area contributed by atoms with Gasteiger partial charge in [-0.3, -0.25) is 19.4 Å². The molecule has 0 radical (unpaired) electrons. The van der Waals surface area contributed by atoms with Crippen molar-refractivity contribution in [2.24, 2.45) is 0 Å². The van der Waals surface area contributed by atoms with Gasteiger partial charge in [0.15, 0.2) is 17.3 Å². The van der Waals surface area contributed by atoms with Crippen molar-refractivity contribution in [2.75, 3.05) is 23.7 Å². The summed E-state index contributed by atoms with van der Waals surface area (Å²) in [6, 6.07) is 23.0. The van der Waals surface area contributed by atoms with Gasteiger partial charge in [0.1, 0.15) is 34.0 Å². The Balaban J connectivity index is 1.13. The van der Waals surface area contributed by atoms with E-state index in [1.807, 2.05) is 12.1 Å². The summed E-state index contributed by atoms with van der Waals surface area (Å²) in [6.45, 7) is 9.87. The third kappa shape index (κ3) is 11.3. The second-order valence-corrected chi connectivity index (χ2v) is 21.5. The monoisotopic (exact) mass is 1010 g/mol. The van der Waals surface area contributed by atoms with Crippen LogP contribution in [-0.4, -0.2) is 65.7 Å². The molecule has 0 amide bonds. The number of rotatable bonds is 20. The number of ether oxygens (including phenoxy) is 2. The lowest BCUT2D eigenvalue weighted by Crippen LogP contribution is -2.28. The molecule has 2 aliphatic heterocycles. The fraction of sp³-hybridized carbons (Fsp3) is 0.382. The summed E-state index contributed by atoms with van der Waals surface area (Å²) in [7, 11) is -4.69. The van der Waals surface area contributed by atoms with E-state index in [1.165, 1.54) is 41.3 Å². The fourth-order valence-electron chi connectivity index (χ4n) is 10.4. The van der Waals surface area contributed by atoms with E-state index >= 15 is 0 Å². The molecule has 1 saturated carbocycles. The molecule has 13 nitrogen and oxygen atoms in total. The number of carbonyl (C=O) groups is 3. The van der Waals surface area contributed by atoms with Crippen LogP contribution in [-0.2, 0) is 49.4 Å². The van der Waals surface area contributed by atoms with E-state index in [0.29, 0.717) is 62.5 Å². The number of anilines is 1. The lowest BCUT2D eigenvalue weighted by molar-refractivity contribution is -0.777. The van der Waals surface area contributed by atoms with Crippen LogP contribution in [0.2, 0.25) is 0 Å². The minimum absolute atomic E-state index is 0.0781. The summed E-state index contributed by atoms with van der Waals surface area (Å²) in [5.41, 5.74) is 6.88. The highest BCUT2D eigenvalue weighted by atomic mass is 32.2. The molecule has 374 valence electrons. The van der Waals surface area contributed by atoms with E-state index in [-0.39, 0.29) is 41.5 Å². The predicted molar refractivity (Wildman–Crippen MR) is 266 cm³/mol. The van der Waals surface area contributed by atoms with E-state index in [0.717, 1.165) is 76.2 Å². The number of Topliss-reactive ketones (excluding diaryl/α,β-unsaturated/α-hetero) is 2. The molecule has 2 heterocycles. The molecular weight excluding hydrogens is 948 g/mol. The zero-order chi connectivity index (χ0) is 50.5. The summed E-state index contributed by atoms with van der Waals surface area (Å²) in [5.74, 6) is -0.0818. The number of carbonyl (C=O) groups excluding carboxylic acids is 3. The average molecular weight is 1010 g/mol. The first-order valence-corrected chi connectivity index (χ1v) is 26.5. The van der Waals surface area contributed by atoms with E-state index in [9.17, 15) is 37.0 Å². The van der Waals surface area contributed by atoms with Gasteiger partial charge in [0.05, 0.1) is 10.3 Å². The van der Waals surface area contributed by atoms with Crippen molar-refractivity contribution in [2.45, 2.75) is 120 Å². The highest BCUT2D eigenvalue weighted by Gasteiger charge is 2.46. The fourth-order valence-corrected chi connectivity index (χ4v) is 11.3. The molecule has 0 unspecified atom stereocenters. The Labute approximate surface area is 418 Å². The van der Waals surface area contributed by atoms with Crippen LogP contribution < -0.4 is 14.9 Å². The second-order valence-electron chi connectivity index (χ2n) is 19.4. The van der Waals surface area contributed by atoms with Crippen LogP contribution in [0, 0.1) is 5.82 Å². The van der Waals surface area contributed by atoms with Gasteiger partial charge in [-0.1, -0.05) is 50.6 Å². The quantitative estimate of drug-likeness (QED) is 0.0120. The maximum Gasteiger partial charge on any atom is 0.306 e. The van der Waals surface area contributed by atoms with Crippen LogP contribution >= 0.6 is 12.0 Å². The number of fused-ring (bicyclic) bond motifs is 4. The number of halogens is 1. The third-order valence-corrected chi connectivity index (χ3v) is 15.4. The Bertz CT molecular complexity index is 2970. The molecule has 0 saturated heterocycles. The van der Waals surface area contributed by atoms with Crippen LogP contribution in [0.4, 0.5) is 15.8 Å². The van der Waals surface area contributed by atoms with Gasteiger partial charge in [0, 0.05) is 84.5 Å². The van der Waals surface area contributed by atoms with Gasteiger partial charge in [-0.2, -0.15) is 8.91 Å². The number of allylic oxidation sites excluding steroid dienone is 7. The minimum Gasteiger partial charge on any atom is -0.744 e. The van der Waals surface area contributed by atoms with Crippen molar-refractivity contribution in [3.05, 3.63) is 143 Å². The van der Waals surface area contributed by atoms with Crippen molar-refractivity contribution < 1.29 is 60.4 Å². The number of ketones is 2. The van der Waals surface area contributed by atoms with E-state index in [1.54, 1.807) is 12.1 Å².